The molecule has 0 amide bonds. The van der Waals surface area contributed by atoms with Gasteiger partial charge in [0.25, 0.3) is 0 Å². The zero-order chi connectivity index (χ0) is 14.9. The van der Waals surface area contributed by atoms with Crippen molar-refractivity contribution < 1.29 is 4.74 Å². The molecule has 0 radical (unpaired) electrons. The van der Waals surface area contributed by atoms with E-state index in [4.69, 9.17) is 9.73 Å². The Kier molecular flexibility index (Phi) is 7.30. The monoisotopic (exact) mass is 296 g/mol. The minimum absolute atomic E-state index is 0.788. The first kappa shape index (κ1) is 16.6. The summed E-state index contributed by atoms with van der Waals surface area (Å²) in [5, 5.41) is 3.45. The van der Waals surface area contributed by atoms with Gasteiger partial charge < -0.3 is 15.0 Å². The molecular weight excluding hydrogens is 264 g/mol. The quantitative estimate of drug-likeness (QED) is 0.473. The highest BCUT2D eigenvalue weighted by atomic mass is 16.5. The van der Waals surface area contributed by atoms with Crippen LogP contribution in [0.25, 0.3) is 0 Å². The molecule has 2 rings (SSSR count). The number of nitrogens with one attached hydrogen (secondary N) is 1. The molecule has 5 heteroatoms. The largest absolute Gasteiger partial charge is 0.379 e. The highest BCUT2D eigenvalue weighted by Crippen LogP contribution is 2.15. The molecular formula is C16H32N4O. The van der Waals surface area contributed by atoms with Crippen LogP contribution in [0.3, 0.4) is 0 Å². The summed E-state index contributed by atoms with van der Waals surface area (Å²) in [4.78, 5) is 9.75. The molecule has 2 aliphatic rings. The van der Waals surface area contributed by atoms with Gasteiger partial charge in [-0.25, -0.2) is 0 Å². The average molecular weight is 296 g/mol. The van der Waals surface area contributed by atoms with E-state index in [0.717, 1.165) is 77.3 Å². The molecule has 0 aromatic carbocycles. The van der Waals surface area contributed by atoms with E-state index in [-0.39, 0.29) is 0 Å². The number of rotatable bonds is 5. The molecule has 0 saturated carbocycles. The van der Waals surface area contributed by atoms with Crippen molar-refractivity contribution in [3.63, 3.8) is 0 Å². The van der Waals surface area contributed by atoms with Gasteiger partial charge in [0.05, 0.1) is 13.2 Å². The Labute approximate surface area is 129 Å². The number of aliphatic imine (C=N–C) groups is 1. The van der Waals surface area contributed by atoms with Crippen LogP contribution in [0.1, 0.15) is 33.1 Å². The SMILES string of the molecule is CCNC(=NCCCN1CCOCC1)N1CCCC(C)C1. The van der Waals surface area contributed by atoms with Crippen molar-refractivity contribution in [2.75, 3.05) is 59.0 Å². The Hall–Kier alpha value is -0.810. The lowest BCUT2D eigenvalue weighted by atomic mass is 10.0. The van der Waals surface area contributed by atoms with Gasteiger partial charge in [-0.1, -0.05) is 6.92 Å². The molecule has 1 atom stereocenters. The van der Waals surface area contributed by atoms with Crippen LogP contribution in [0.15, 0.2) is 4.99 Å². The lowest BCUT2D eigenvalue weighted by molar-refractivity contribution is 0.0377. The maximum Gasteiger partial charge on any atom is 0.193 e. The lowest BCUT2D eigenvalue weighted by Crippen LogP contribution is -2.46. The first-order chi connectivity index (χ1) is 10.3. The molecule has 5 nitrogen and oxygen atoms in total. The molecule has 0 bridgehead atoms. The van der Waals surface area contributed by atoms with E-state index in [1.807, 2.05) is 0 Å². The van der Waals surface area contributed by atoms with E-state index in [9.17, 15) is 0 Å². The first-order valence-electron chi connectivity index (χ1n) is 8.63. The lowest BCUT2D eigenvalue weighted by Gasteiger charge is -2.33. The third kappa shape index (κ3) is 5.83. The summed E-state index contributed by atoms with van der Waals surface area (Å²) in [7, 11) is 0. The summed E-state index contributed by atoms with van der Waals surface area (Å²) in [6, 6.07) is 0. The normalized spacial score (nSPS) is 25.1. The number of ether oxygens (including phenoxy) is 1. The van der Waals surface area contributed by atoms with E-state index in [2.05, 4.69) is 29.0 Å². The summed E-state index contributed by atoms with van der Waals surface area (Å²) in [5.41, 5.74) is 0. The predicted octanol–water partition coefficient (Wildman–Crippen LogP) is 1.41. The van der Waals surface area contributed by atoms with Crippen molar-refractivity contribution in [2.24, 2.45) is 10.9 Å². The van der Waals surface area contributed by atoms with Crippen molar-refractivity contribution >= 4 is 5.96 Å². The number of nitrogens with zero attached hydrogens (tertiary/aromatic N) is 3. The average Bonchev–Trinajstić information content (AvgIpc) is 2.51. The first-order valence-corrected chi connectivity index (χ1v) is 8.63. The van der Waals surface area contributed by atoms with Crippen LogP contribution in [0.4, 0.5) is 0 Å². The summed E-state index contributed by atoms with van der Waals surface area (Å²) in [6.45, 7) is 13.7. The molecule has 0 spiro atoms. The van der Waals surface area contributed by atoms with Crippen molar-refractivity contribution in [2.45, 2.75) is 33.1 Å². The third-order valence-corrected chi connectivity index (χ3v) is 4.29. The van der Waals surface area contributed by atoms with Gasteiger partial charge in [0, 0.05) is 45.8 Å². The van der Waals surface area contributed by atoms with E-state index < -0.39 is 0 Å². The minimum Gasteiger partial charge on any atom is -0.379 e. The molecule has 1 N–H and O–H groups in total. The second kappa shape index (κ2) is 9.26. The number of piperidine rings is 1. The van der Waals surface area contributed by atoms with Crippen LogP contribution >= 0.6 is 0 Å². The second-order valence-electron chi connectivity index (χ2n) is 6.24. The van der Waals surface area contributed by atoms with Crippen LogP contribution in [0, 0.1) is 5.92 Å². The van der Waals surface area contributed by atoms with Crippen LogP contribution < -0.4 is 5.32 Å². The predicted molar refractivity (Wildman–Crippen MR) is 87.8 cm³/mol. The smallest absolute Gasteiger partial charge is 0.193 e. The van der Waals surface area contributed by atoms with E-state index >= 15 is 0 Å². The minimum atomic E-state index is 0.788. The summed E-state index contributed by atoms with van der Waals surface area (Å²) < 4.78 is 5.38. The Bertz CT molecular complexity index is 315. The van der Waals surface area contributed by atoms with Crippen LogP contribution in [0.5, 0.6) is 0 Å². The van der Waals surface area contributed by atoms with Gasteiger partial charge in [-0.15, -0.1) is 0 Å². The summed E-state index contributed by atoms with van der Waals surface area (Å²) in [5.74, 6) is 1.90. The van der Waals surface area contributed by atoms with Crippen LogP contribution in [0.2, 0.25) is 0 Å². The van der Waals surface area contributed by atoms with E-state index in [1.54, 1.807) is 0 Å². The van der Waals surface area contributed by atoms with Gasteiger partial charge in [-0.2, -0.15) is 0 Å². The number of hydrogen-bond donors (Lipinski definition) is 1. The maximum atomic E-state index is 5.38. The van der Waals surface area contributed by atoms with E-state index in [0.29, 0.717) is 0 Å². The number of hydrogen-bond acceptors (Lipinski definition) is 3. The van der Waals surface area contributed by atoms with Gasteiger partial charge in [0.2, 0.25) is 0 Å². The van der Waals surface area contributed by atoms with Crippen LogP contribution in [-0.2, 0) is 4.74 Å². The Morgan fingerprint density at radius 3 is 2.81 bits per heavy atom. The molecule has 0 aromatic heterocycles. The summed E-state index contributed by atoms with van der Waals surface area (Å²) >= 11 is 0. The summed E-state index contributed by atoms with van der Waals surface area (Å²) in [6.07, 6.45) is 3.78. The second-order valence-corrected chi connectivity index (χ2v) is 6.24. The Morgan fingerprint density at radius 1 is 1.29 bits per heavy atom. The Morgan fingerprint density at radius 2 is 2.10 bits per heavy atom. The van der Waals surface area contributed by atoms with Gasteiger partial charge in [0.1, 0.15) is 0 Å². The van der Waals surface area contributed by atoms with Crippen molar-refractivity contribution in [3.8, 4) is 0 Å². The van der Waals surface area contributed by atoms with Crippen molar-refractivity contribution in [1.29, 1.82) is 0 Å². The molecule has 122 valence electrons. The zero-order valence-corrected chi connectivity index (χ0v) is 13.8. The van der Waals surface area contributed by atoms with E-state index in [1.165, 1.54) is 12.8 Å². The highest BCUT2D eigenvalue weighted by molar-refractivity contribution is 5.80. The van der Waals surface area contributed by atoms with Crippen molar-refractivity contribution in [1.82, 2.24) is 15.1 Å². The van der Waals surface area contributed by atoms with Crippen molar-refractivity contribution in [3.05, 3.63) is 0 Å². The third-order valence-electron chi connectivity index (χ3n) is 4.29. The molecule has 2 saturated heterocycles. The molecule has 0 aliphatic carbocycles. The highest BCUT2D eigenvalue weighted by Gasteiger charge is 2.19. The maximum absolute atomic E-state index is 5.38. The fourth-order valence-electron chi connectivity index (χ4n) is 3.11. The molecule has 0 aromatic rings. The molecule has 1 unspecified atom stereocenters. The fraction of sp³-hybridized carbons (Fsp3) is 0.938. The van der Waals surface area contributed by atoms with Gasteiger partial charge >= 0.3 is 0 Å². The molecule has 2 heterocycles. The molecule has 21 heavy (non-hydrogen) atoms. The zero-order valence-electron chi connectivity index (χ0n) is 13.8. The van der Waals surface area contributed by atoms with Crippen LogP contribution in [-0.4, -0.2) is 74.8 Å². The molecule has 2 fully saturated rings. The van der Waals surface area contributed by atoms with Gasteiger partial charge in [-0.05, 0) is 32.1 Å². The topological polar surface area (TPSA) is 40.1 Å². The number of morpholine rings is 1. The van der Waals surface area contributed by atoms with Gasteiger partial charge in [-0.3, -0.25) is 9.89 Å². The molecule has 2 aliphatic heterocycles. The number of guanidine groups is 1. The standard InChI is InChI=1S/C16H32N4O/c1-3-17-16(20-9-4-6-15(2)14-20)18-7-5-8-19-10-12-21-13-11-19/h15H,3-14H2,1-2H3,(H,17,18). The Balaban J connectivity index is 1.74. The van der Waals surface area contributed by atoms with Gasteiger partial charge in [0.15, 0.2) is 5.96 Å². The number of likely N-dealkylation sites (tertiary alicyclic amines) is 1. The fourth-order valence-corrected chi connectivity index (χ4v) is 3.11.